The van der Waals surface area contributed by atoms with E-state index in [1.54, 1.807) is 11.1 Å². The van der Waals surface area contributed by atoms with E-state index < -0.39 is 24.1 Å². The third kappa shape index (κ3) is 6.86. The van der Waals surface area contributed by atoms with Crippen molar-refractivity contribution in [1.82, 2.24) is 20.4 Å². The number of primary amides is 1. The van der Waals surface area contributed by atoms with Crippen molar-refractivity contribution in [3.63, 3.8) is 0 Å². The number of hydrogen-bond acceptors (Lipinski definition) is 6. The van der Waals surface area contributed by atoms with Gasteiger partial charge in [-0.2, -0.15) is 13.2 Å². The van der Waals surface area contributed by atoms with Gasteiger partial charge in [-0.15, -0.1) is 0 Å². The molecule has 0 aromatic heterocycles. The number of carbonyl (C=O) groups is 1. The van der Waals surface area contributed by atoms with Crippen molar-refractivity contribution in [3.8, 4) is 0 Å². The van der Waals surface area contributed by atoms with Crippen molar-refractivity contribution in [2.75, 3.05) is 32.7 Å². The molecular weight excluding hydrogens is 452 g/mol. The van der Waals surface area contributed by atoms with Gasteiger partial charge >= 0.3 is 6.18 Å². The Morgan fingerprint density at radius 3 is 2.65 bits per heavy atom. The van der Waals surface area contributed by atoms with Gasteiger partial charge in [0.15, 0.2) is 12.0 Å². The summed E-state index contributed by atoms with van der Waals surface area (Å²) in [6.07, 6.45) is -0.0220. The van der Waals surface area contributed by atoms with E-state index in [1.165, 1.54) is 6.34 Å². The van der Waals surface area contributed by atoms with E-state index >= 15 is 4.39 Å². The number of likely N-dealkylation sites (tertiary alicyclic amines) is 1. The third-order valence-corrected chi connectivity index (χ3v) is 7.10. The molecule has 0 aromatic rings. The van der Waals surface area contributed by atoms with Crippen molar-refractivity contribution in [2.45, 2.75) is 58.3 Å². The average molecular weight is 489 g/mol. The van der Waals surface area contributed by atoms with Crippen LogP contribution in [-0.4, -0.2) is 67.1 Å². The van der Waals surface area contributed by atoms with Crippen molar-refractivity contribution >= 4 is 12.2 Å². The molecule has 3 rings (SSSR count). The Bertz CT molecular complexity index is 802. The van der Waals surface area contributed by atoms with Crippen LogP contribution in [0.2, 0.25) is 0 Å². The number of rotatable bonds is 8. The van der Waals surface area contributed by atoms with E-state index in [0.29, 0.717) is 37.8 Å². The van der Waals surface area contributed by atoms with Crippen LogP contribution in [0.3, 0.4) is 0 Å². The van der Waals surface area contributed by atoms with Crippen LogP contribution in [0.4, 0.5) is 17.6 Å². The molecular formula is C23H36F4N6O. The minimum atomic E-state index is -4.15. The lowest BCUT2D eigenvalue weighted by Gasteiger charge is -2.37. The van der Waals surface area contributed by atoms with Gasteiger partial charge in [-0.3, -0.25) is 9.69 Å². The standard InChI is InChI=1S/C23H36F4N6O/c1-3-33(12-16-4-6-18(7-5-16)23(25,26)27)22-20(24)21(30-14-31-22)29-10-17-8-9-32(11-15(17)2)13-19(28)34/h12,14-15,17-18,22,29H,3-11,13H2,1-2H3,(H2,28,34)(H,30,31)/t15-,17+,18?,22?/m1/s1. The zero-order valence-electron chi connectivity index (χ0n) is 19.9. The minimum absolute atomic E-state index is 0.0734. The molecule has 4 N–H and O–H groups in total. The normalized spacial score (nSPS) is 28.5. The molecule has 192 valence electrons. The lowest BCUT2D eigenvalue weighted by Crippen LogP contribution is -2.46. The van der Waals surface area contributed by atoms with Crippen LogP contribution in [0.15, 0.2) is 28.4 Å². The Labute approximate surface area is 198 Å². The average Bonchev–Trinajstić information content (AvgIpc) is 2.77. The summed E-state index contributed by atoms with van der Waals surface area (Å²) >= 11 is 0. The Balaban J connectivity index is 1.58. The fourth-order valence-corrected chi connectivity index (χ4v) is 5.00. The van der Waals surface area contributed by atoms with E-state index in [0.717, 1.165) is 25.1 Å². The lowest BCUT2D eigenvalue weighted by molar-refractivity contribution is -0.179. The molecule has 1 saturated heterocycles. The smallest absolute Gasteiger partial charge is 0.369 e. The number of amides is 1. The number of nitrogens with one attached hydrogen (secondary N) is 2. The predicted octanol–water partition coefficient (Wildman–Crippen LogP) is 3.07. The van der Waals surface area contributed by atoms with Gasteiger partial charge in [0.1, 0.15) is 5.82 Å². The molecule has 11 heteroatoms. The molecule has 7 nitrogen and oxygen atoms in total. The quantitative estimate of drug-likeness (QED) is 0.458. The molecule has 1 unspecified atom stereocenters. The molecule has 2 heterocycles. The van der Waals surface area contributed by atoms with Crippen LogP contribution in [0, 0.1) is 17.8 Å². The van der Waals surface area contributed by atoms with Crippen molar-refractivity contribution in [3.05, 3.63) is 23.4 Å². The molecule has 3 aliphatic rings. The summed E-state index contributed by atoms with van der Waals surface area (Å²) in [5.74, 6) is -1.13. The fraction of sp³-hybridized carbons (Fsp3) is 0.739. The van der Waals surface area contributed by atoms with Crippen molar-refractivity contribution in [1.29, 1.82) is 0 Å². The molecule has 2 aliphatic heterocycles. The van der Waals surface area contributed by atoms with Crippen LogP contribution in [0.5, 0.6) is 0 Å². The highest BCUT2D eigenvalue weighted by Gasteiger charge is 2.40. The first-order chi connectivity index (χ1) is 16.1. The van der Waals surface area contributed by atoms with Crippen LogP contribution in [0.25, 0.3) is 0 Å². The first-order valence-corrected chi connectivity index (χ1v) is 12.0. The highest BCUT2D eigenvalue weighted by Crippen LogP contribution is 2.39. The SMILES string of the molecule is CCN(C=C1CCC(C(F)(F)F)CC1)C1N=CNC(NC[C@@H]2CCN(CC(N)=O)C[C@H]2C)=C1F. The predicted molar refractivity (Wildman–Crippen MR) is 123 cm³/mol. The summed E-state index contributed by atoms with van der Waals surface area (Å²) in [5.41, 5.74) is 6.19. The molecule has 34 heavy (non-hydrogen) atoms. The van der Waals surface area contributed by atoms with Gasteiger partial charge in [-0.25, -0.2) is 9.38 Å². The zero-order chi connectivity index (χ0) is 24.9. The summed E-state index contributed by atoms with van der Waals surface area (Å²) in [5, 5.41) is 6.03. The van der Waals surface area contributed by atoms with E-state index in [1.807, 2.05) is 11.8 Å². The van der Waals surface area contributed by atoms with Crippen LogP contribution in [-0.2, 0) is 4.79 Å². The molecule has 3 atom stereocenters. The number of carbonyl (C=O) groups excluding carboxylic acids is 1. The van der Waals surface area contributed by atoms with Crippen LogP contribution >= 0.6 is 0 Å². The number of aliphatic imine (C=N–C) groups is 1. The Kier molecular flexibility index (Phi) is 8.83. The van der Waals surface area contributed by atoms with Crippen LogP contribution < -0.4 is 16.4 Å². The second-order valence-corrected chi connectivity index (χ2v) is 9.56. The monoisotopic (exact) mass is 488 g/mol. The van der Waals surface area contributed by atoms with Crippen LogP contribution in [0.1, 0.15) is 46.0 Å². The number of halogens is 4. The Morgan fingerprint density at radius 2 is 2.06 bits per heavy atom. The number of hydrogen-bond donors (Lipinski definition) is 3. The zero-order valence-corrected chi connectivity index (χ0v) is 19.9. The number of nitrogens with zero attached hydrogens (tertiary/aromatic N) is 3. The molecule has 0 aromatic carbocycles. The maximum atomic E-state index is 15.3. The Hall–Kier alpha value is -2.30. The maximum absolute atomic E-state index is 15.3. The number of nitrogens with two attached hydrogens (primary N) is 1. The van der Waals surface area contributed by atoms with E-state index in [9.17, 15) is 18.0 Å². The number of likely N-dealkylation sites (N-methyl/N-ethyl adjacent to an activating group) is 1. The number of alkyl halides is 3. The molecule has 0 bridgehead atoms. The number of piperidine rings is 1. The third-order valence-electron chi connectivity index (χ3n) is 7.10. The van der Waals surface area contributed by atoms with Crippen molar-refractivity contribution < 1.29 is 22.4 Å². The van der Waals surface area contributed by atoms with Gasteiger partial charge in [-0.1, -0.05) is 12.5 Å². The molecule has 1 aliphatic carbocycles. The summed E-state index contributed by atoms with van der Waals surface area (Å²) in [4.78, 5) is 19.2. The highest BCUT2D eigenvalue weighted by atomic mass is 19.4. The first kappa shape index (κ1) is 26.3. The second-order valence-electron chi connectivity index (χ2n) is 9.56. The van der Waals surface area contributed by atoms with Gasteiger partial charge < -0.3 is 21.3 Å². The van der Waals surface area contributed by atoms with Gasteiger partial charge in [0.05, 0.1) is 18.8 Å². The summed E-state index contributed by atoms with van der Waals surface area (Å²) in [6.45, 7) is 6.83. The van der Waals surface area contributed by atoms with Gasteiger partial charge in [0.2, 0.25) is 5.91 Å². The van der Waals surface area contributed by atoms with Crippen molar-refractivity contribution in [2.24, 2.45) is 28.5 Å². The summed E-state index contributed by atoms with van der Waals surface area (Å²) in [6, 6.07) is 0. The van der Waals surface area contributed by atoms with E-state index in [4.69, 9.17) is 5.73 Å². The highest BCUT2D eigenvalue weighted by molar-refractivity contribution is 5.75. The Morgan fingerprint density at radius 1 is 1.35 bits per heavy atom. The molecule has 0 spiro atoms. The first-order valence-electron chi connectivity index (χ1n) is 12.0. The van der Waals surface area contributed by atoms with E-state index in [-0.39, 0.29) is 31.1 Å². The topological polar surface area (TPSA) is 86.0 Å². The largest absolute Gasteiger partial charge is 0.391 e. The molecule has 1 saturated carbocycles. The van der Waals surface area contributed by atoms with Gasteiger partial charge in [-0.05, 0) is 57.4 Å². The lowest BCUT2D eigenvalue weighted by atomic mass is 9.86. The summed E-state index contributed by atoms with van der Waals surface area (Å²) in [7, 11) is 0. The molecule has 1 amide bonds. The van der Waals surface area contributed by atoms with Gasteiger partial charge in [0.25, 0.3) is 0 Å². The fourth-order valence-electron chi connectivity index (χ4n) is 5.00. The molecule has 2 fully saturated rings. The van der Waals surface area contributed by atoms with E-state index in [2.05, 4.69) is 22.5 Å². The summed E-state index contributed by atoms with van der Waals surface area (Å²) < 4.78 is 54.2. The second kappa shape index (κ2) is 11.4. The minimum Gasteiger partial charge on any atom is -0.369 e. The maximum Gasteiger partial charge on any atom is 0.391 e. The molecule has 0 radical (unpaired) electrons. The number of allylic oxidation sites excluding steroid dienone is 1. The van der Waals surface area contributed by atoms with Gasteiger partial charge in [0, 0.05) is 25.8 Å².